The fourth-order valence-corrected chi connectivity index (χ4v) is 4.04. The number of ketones is 1. The van der Waals surface area contributed by atoms with Crippen LogP contribution in [0.25, 0.3) is 10.9 Å². The van der Waals surface area contributed by atoms with Gasteiger partial charge in [0.25, 0.3) is 0 Å². The van der Waals surface area contributed by atoms with E-state index >= 15 is 0 Å². The van der Waals surface area contributed by atoms with Crippen LogP contribution in [0, 0.1) is 0 Å². The molecule has 1 unspecified atom stereocenters. The van der Waals surface area contributed by atoms with Gasteiger partial charge in [-0.05, 0) is 18.1 Å². The number of nitrogens with zero attached hydrogens (tertiary/aromatic N) is 1. The molecule has 7 heteroatoms. The van der Waals surface area contributed by atoms with Gasteiger partial charge in [0.05, 0.1) is 26.3 Å². The lowest BCUT2D eigenvalue weighted by molar-refractivity contribution is -0.159. The average Bonchev–Trinajstić information content (AvgIpc) is 3.05. The van der Waals surface area contributed by atoms with Crippen LogP contribution in [0.5, 0.6) is 0 Å². The number of benzene rings is 1. The topological polar surface area (TPSA) is 88.7 Å². The van der Waals surface area contributed by atoms with E-state index in [2.05, 4.69) is 4.98 Å². The predicted octanol–water partition coefficient (Wildman–Crippen LogP) is 1.42. The number of fused-ring (bicyclic) bond motifs is 5. The van der Waals surface area contributed by atoms with Crippen LogP contribution < -0.4 is 0 Å². The van der Waals surface area contributed by atoms with Gasteiger partial charge in [0.1, 0.15) is 5.57 Å². The van der Waals surface area contributed by atoms with Crippen LogP contribution in [0.4, 0.5) is 0 Å². The largest absolute Gasteiger partial charge is 0.467 e. The number of H-pyrrole nitrogens is 1. The number of Topliss-reactive ketones (excluding diaryl/α,β-unsaturated/α-hetero) is 1. The highest BCUT2D eigenvalue weighted by atomic mass is 16.5. The van der Waals surface area contributed by atoms with Crippen molar-refractivity contribution in [3.8, 4) is 0 Å². The summed E-state index contributed by atoms with van der Waals surface area (Å²) in [6.07, 6.45) is 1.93. The van der Waals surface area contributed by atoms with E-state index in [4.69, 9.17) is 9.47 Å². The van der Waals surface area contributed by atoms with Crippen molar-refractivity contribution in [1.29, 1.82) is 0 Å². The van der Waals surface area contributed by atoms with Gasteiger partial charge < -0.3 is 19.4 Å². The molecule has 2 aliphatic rings. The SMILES string of the molecule is COC(=O)C1=CN2CCc3c([nH]c4ccccc34)C2(C(=O)OC)CC1=O. The molecule has 1 atom stereocenters. The molecule has 0 bridgehead atoms. The average molecular weight is 354 g/mol. The normalized spacial score (nSPS) is 21.7. The number of rotatable bonds is 2. The first kappa shape index (κ1) is 16.4. The molecule has 7 nitrogen and oxygen atoms in total. The molecule has 0 amide bonds. The van der Waals surface area contributed by atoms with E-state index < -0.39 is 23.3 Å². The van der Waals surface area contributed by atoms with Crippen molar-refractivity contribution in [2.24, 2.45) is 0 Å². The number of esters is 2. The number of aromatic nitrogens is 1. The van der Waals surface area contributed by atoms with Crippen LogP contribution >= 0.6 is 0 Å². The summed E-state index contributed by atoms with van der Waals surface area (Å²) in [5.41, 5.74) is 1.22. The maximum Gasteiger partial charge on any atom is 0.342 e. The third kappa shape index (κ3) is 2.03. The molecule has 0 fully saturated rings. The quantitative estimate of drug-likeness (QED) is 0.648. The number of methoxy groups -OCH3 is 2. The Kier molecular flexibility index (Phi) is 3.61. The molecular formula is C19H18N2O5. The van der Waals surface area contributed by atoms with Gasteiger partial charge in [0.2, 0.25) is 0 Å². The van der Waals surface area contributed by atoms with E-state index in [1.165, 1.54) is 20.4 Å². The Balaban J connectivity index is 1.96. The molecule has 0 radical (unpaired) electrons. The number of ether oxygens (including phenoxy) is 2. The highest BCUT2D eigenvalue weighted by Gasteiger charge is 2.55. The van der Waals surface area contributed by atoms with Crippen LogP contribution in [0.1, 0.15) is 17.7 Å². The first-order chi connectivity index (χ1) is 12.5. The lowest BCUT2D eigenvalue weighted by Gasteiger charge is -2.46. The number of para-hydroxylation sites is 1. The fraction of sp³-hybridized carbons (Fsp3) is 0.316. The predicted molar refractivity (Wildman–Crippen MR) is 92.1 cm³/mol. The minimum absolute atomic E-state index is 0.0495. The summed E-state index contributed by atoms with van der Waals surface area (Å²) in [4.78, 5) is 42.5. The summed E-state index contributed by atoms with van der Waals surface area (Å²) in [6, 6.07) is 7.78. The Hall–Kier alpha value is -3.09. The zero-order valence-electron chi connectivity index (χ0n) is 14.5. The number of nitrogens with one attached hydrogen (secondary N) is 1. The van der Waals surface area contributed by atoms with Gasteiger partial charge in [0.15, 0.2) is 11.3 Å². The van der Waals surface area contributed by atoms with Crippen LogP contribution in [-0.4, -0.2) is 48.4 Å². The molecular weight excluding hydrogens is 336 g/mol. The summed E-state index contributed by atoms with van der Waals surface area (Å²) in [6.45, 7) is 0.484. The van der Waals surface area contributed by atoms with Gasteiger partial charge in [-0.2, -0.15) is 0 Å². The summed E-state index contributed by atoms with van der Waals surface area (Å²) < 4.78 is 9.77. The lowest BCUT2D eigenvalue weighted by Crippen LogP contribution is -2.57. The van der Waals surface area contributed by atoms with Gasteiger partial charge in [-0.25, -0.2) is 9.59 Å². The van der Waals surface area contributed by atoms with Crippen molar-refractivity contribution in [3.05, 3.63) is 47.3 Å². The Morgan fingerprint density at radius 1 is 1.19 bits per heavy atom. The number of aromatic amines is 1. The number of hydrogen-bond donors (Lipinski definition) is 1. The lowest BCUT2D eigenvalue weighted by atomic mass is 9.77. The second kappa shape index (κ2) is 5.72. The van der Waals surface area contributed by atoms with Crippen LogP contribution in [-0.2, 0) is 35.8 Å². The smallest absolute Gasteiger partial charge is 0.342 e. The van der Waals surface area contributed by atoms with Crippen molar-refractivity contribution in [2.45, 2.75) is 18.4 Å². The molecule has 1 aromatic carbocycles. The number of carbonyl (C=O) groups excluding carboxylic acids is 3. The molecule has 1 aromatic heterocycles. The van der Waals surface area contributed by atoms with Crippen molar-refractivity contribution in [3.63, 3.8) is 0 Å². The highest BCUT2D eigenvalue weighted by molar-refractivity contribution is 6.19. The molecule has 134 valence electrons. The van der Waals surface area contributed by atoms with Gasteiger partial charge in [0, 0.05) is 23.6 Å². The molecule has 4 rings (SSSR count). The Labute approximate surface area is 149 Å². The third-order valence-electron chi connectivity index (χ3n) is 5.25. The van der Waals surface area contributed by atoms with E-state index in [-0.39, 0.29) is 12.0 Å². The van der Waals surface area contributed by atoms with Crippen molar-refractivity contribution < 1.29 is 23.9 Å². The zero-order valence-corrected chi connectivity index (χ0v) is 14.5. The zero-order chi connectivity index (χ0) is 18.5. The van der Waals surface area contributed by atoms with Gasteiger partial charge in [-0.3, -0.25) is 4.79 Å². The van der Waals surface area contributed by atoms with E-state index in [0.717, 1.165) is 16.5 Å². The van der Waals surface area contributed by atoms with Crippen molar-refractivity contribution in [1.82, 2.24) is 9.88 Å². The second-order valence-corrected chi connectivity index (χ2v) is 6.45. The van der Waals surface area contributed by atoms with Gasteiger partial charge in [-0.15, -0.1) is 0 Å². The summed E-state index contributed by atoms with van der Waals surface area (Å²) in [5.74, 6) is -1.67. The minimum atomic E-state index is -1.30. The molecule has 0 aliphatic carbocycles. The first-order valence-corrected chi connectivity index (χ1v) is 8.31. The van der Waals surface area contributed by atoms with Gasteiger partial charge >= 0.3 is 11.9 Å². The summed E-state index contributed by atoms with van der Waals surface area (Å²) in [5, 5.41) is 1.03. The number of carbonyl (C=O) groups is 3. The van der Waals surface area contributed by atoms with Crippen molar-refractivity contribution in [2.75, 3.05) is 20.8 Å². The Morgan fingerprint density at radius 2 is 1.96 bits per heavy atom. The maximum atomic E-state index is 12.9. The molecule has 0 saturated carbocycles. The Morgan fingerprint density at radius 3 is 2.69 bits per heavy atom. The van der Waals surface area contributed by atoms with Gasteiger partial charge in [-0.1, -0.05) is 18.2 Å². The van der Waals surface area contributed by atoms with Crippen LogP contribution in [0.15, 0.2) is 36.0 Å². The number of hydrogen-bond acceptors (Lipinski definition) is 6. The van der Waals surface area contributed by atoms with Crippen LogP contribution in [0.2, 0.25) is 0 Å². The highest BCUT2D eigenvalue weighted by Crippen LogP contribution is 2.45. The second-order valence-electron chi connectivity index (χ2n) is 6.45. The monoisotopic (exact) mass is 354 g/mol. The van der Waals surface area contributed by atoms with E-state index in [0.29, 0.717) is 18.7 Å². The molecule has 3 heterocycles. The van der Waals surface area contributed by atoms with E-state index in [1.807, 2.05) is 24.3 Å². The first-order valence-electron chi connectivity index (χ1n) is 8.31. The summed E-state index contributed by atoms with van der Waals surface area (Å²) >= 11 is 0. The molecule has 1 N–H and O–H groups in total. The maximum absolute atomic E-state index is 12.9. The molecule has 26 heavy (non-hydrogen) atoms. The third-order valence-corrected chi connectivity index (χ3v) is 5.25. The minimum Gasteiger partial charge on any atom is -0.467 e. The van der Waals surface area contributed by atoms with E-state index in [1.54, 1.807) is 4.90 Å². The van der Waals surface area contributed by atoms with Crippen molar-refractivity contribution >= 4 is 28.6 Å². The molecule has 2 aromatic rings. The van der Waals surface area contributed by atoms with Crippen LogP contribution in [0.3, 0.4) is 0 Å². The molecule has 0 saturated heterocycles. The summed E-state index contributed by atoms with van der Waals surface area (Å²) in [7, 11) is 2.53. The fourth-order valence-electron chi connectivity index (χ4n) is 4.04. The van der Waals surface area contributed by atoms with E-state index in [9.17, 15) is 14.4 Å². The molecule has 0 spiro atoms. The standard InChI is InChI=1S/C19H18N2O5/c1-25-17(23)13-10-21-8-7-12-11-5-3-4-6-14(11)20-16(12)19(21,9-15(13)22)18(24)26-2/h3-6,10,20H,7-9H2,1-2H3. The Bertz CT molecular complexity index is 973. The molecule has 2 aliphatic heterocycles.